The van der Waals surface area contributed by atoms with Crippen LogP contribution in [0.3, 0.4) is 0 Å². The summed E-state index contributed by atoms with van der Waals surface area (Å²) in [7, 11) is 0. The summed E-state index contributed by atoms with van der Waals surface area (Å²) in [6.07, 6.45) is 0.867. The predicted molar refractivity (Wildman–Crippen MR) is 66.6 cm³/mol. The first kappa shape index (κ1) is 12.2. The zero-order chi connectivity index (χ0) is 11.9. The highest BCUT2D eigenvalue weighted by Gasteiger charge is 2.49. The number of hydrogen-bond donors (Lipinski definition) is 0. The number of benzene rings is 1. The van der Waals surface area contributed by atoms with E-state index in [0.29, 0.717) is 10.2 Å². The topological polar surface area (TPSA) is 9.23 Å². The Balaban J connectivity index is 2.11. The summed E-state index contributed by atoms with van der Waals surface area (Å²) >= 11 is 9.34. The highest BCUT2D eigenvalue weighted by molar-refractivity contribution is 9.10. The molecule has 1 aromatic carbocycles. The molecule has 1 aromatic rings. The highest BCUT2D eigenvalue weighted by atomic mass is 79.9. The monoisotopic (exact) mass is 306 g/mol. The molecule has 0 aliphatic heterocycles. The van der Waals surface area contributed by atoms with Gasteiger partial charge in [-0.1, -0.05) is 29.8 Å². The summed E-state index contributed by atoms with van der Waals surface area (Å²) in [5.41, 5.74) is -0.0552. The maximum Gasteiger partial charge on any atom is 0.128 e. The molecule has 1 aliphatic carbocycles. The van der Waals surface area contributed by atoms with Crippen LogP contribution in [0.25, 0.3) is 0 Å². The van der Waals surface area contributed by atoms with Crippen LogP contribution >= 0.6 is 27.5 Å². The van der Waals surface area contributed by atoms with E-state index >= 15 is 0 Å². The molecule has 16 heavy (non-hydrogen) atoms. The number of alkyl halides is 1. The van der Waals surface area contributed by atoms with E-state index in [1.54, 1.807) is 6.07 Å². The van der Waals surface area contributed by atoms with Crippen molar-refractivity contribution in [3.05, 3.63) is 28.5 Å². The lowest BCUT2D eigenvalue weighted by Gasteiger charge is -2.48. The molecular formula is C12H13BrClFO. The van der Waals surface area contributed by atoms with Crippen LogP contribution in [0.4, 0.5) is 4.39 Å². The van der Waals surface area contributed by atoms with E-state index in [2.05, 4.69) is 29.8 Å². The first-order valence-electron chi connectivity index (χ1n) is 5.16. The summed E-state index contributed by atoms with van der Waals surface area (Å²) < 4.78 is 19.6. The van der Waals surface area contributed by atoms with E-state index in [1.807, 2.05) is 0 Å². The van der Waals surface area contributed by atoms with E-state index in [9.17, 15) is 4.39 Å². The van der Waals surface area contributed by atoms with Crippen molar-refractivity contribution in [2.24, 2.45) is 5.41 Å². The van der Waals surface area contributed by atoms with Crippen molar-refractivity contribution >= 4 is 27.5 Å². The van der Waals surface area contributed by atoms with Crippen LogP contribution in [0.15, 0.2) is 22.7 Å². The molecule has 0 aromatic heterocycles. The summed E-state index contributed by atoms with van der Waals surface area (Å²) in [4.78, 5) is 0. The molecule has 4 heteroatoms. The van der Waals surface area contributed by atoms with Gasteiger partial charge < -0.3 is 4.74 Å². The molecule has 2 atom stereocenters. The van der Waals surface area contributed by atoms with Gasteiger partial charge in [-0.15, -0.1) is 11.6 Å². The Hall–Kier alpha value is -0.280. The second kappa shape index (κ2) is 4.19. The van der Waals surface area contributed by atoms with Crippen molar-refractivity contribution in [3.8, 4) is 5.75 Å². The lowest BCUT2D eigenvalue weighted by molar-refractivity contribution is -0.0132. The molecular weight excluding hydrogens is 294 g/mol. The quantitative estimate of drug-likeness (QED) is 0.737. The fraction of sp³-hybridized carbons (Fsp3) is 0.500. The van der Waals surface area contributed by atoms with Crippen molar-refractivity contribution in [2.75, 3.05) is 0 Å². The summed E-state index contributed by atoms with van der Waals surface area (Å²) in [6, 6.07) is 4.56. The molecule has 0 spiro atoms. The van der Waals surface area contributed by atoms with Crippen molar-refractivity contribution in [1.82, 2.24) is 0 Å². The van der Waals surface area contributed by atoms with Crippen LogP contribution in [0.2, 0.25) is 0 Å². The molecule has 1 fully saturated rings. The van der Waals surface area contributed by atoms with Crippen LogP contribution in [-0.4, -0.2) is 11.5 Å². The Morgan fingerprint density at radius 1 is 1.44 bits per heavy atom. The Kier molecular flexibility index (Phi) is 3.19. The predicted octanol–water partition coefficient (Wildman–Crippen LogP) is 4.37. The van der Waals surface area contributed by atoms with Crippen LogP contribution in [0.5, 0.6) is 5.75 Å². The minimum Gasteiger partial charge on any atom is -0.490 e. The average Bonchev–Trinajstić information content (AvgIpc) is 2.15. The van der Waals surface area contributed by atoms with E-state index in [1.165, 1.54) is 12.1 Å². The maximum atomic E-state index is 13.1. The molecule has 0 N–H and O–H groups in total. The molecule has 2 rings (SSSR count). The number of rotatable bonds is 2. The van der Waals surface area contributed by atoms with Gasteiger partial charge in [0.1, 0.15) is 17.7 Å². The third-order valence-corrected chi connectivity index (χ3v) is 4.37. The number of ether oxygens (including phenoxy) is 1. The molecule has 0 heterocycles. The first-order valence-corrected chi connectivity index (χ1v) is 6.39. The standard InChI is InChI=1S/C12H13BrClFO/c1-12(2)10(14)6-11(12)16-9-4-7(13)3-8(15)5-9/h3-5,10-11H,6H2,1-2H3. The Morgan fingerprint density at radius 2 is 2.12 bits per heavy atom. The lowest BCUT2D eigenvalue weighted by atomic mass is 9.68. The molecule has 0 amide bonds. The lowest BCUT2D eigenvalue weighted by Crippen LogP contribution is -2.53. The first-order chi connectivity index (χ1) is 7.39. The molecule has 1 saturated carbocycles. The Labute approximate surface area is 108 Å². The Bertz CT molecular complexity index is 388. The van der Waals surface area contributed by atoms with Gasteiger partial charge >= 0.3 is 0 Å². The van der Waals surface area contributed by atoms with Gasteiger partial charge in [0.05, 0.1) is 0 Å². The minimum atomic E-state index is -0.302. The van der Waals surface area contributed by atoms with Crippen molar-refractivity contribution < 1.29 is 9.13 Å². The molecule has 1 nitrogen and oxygen atoms in total. The fourth-order valence-corrected chi connectivity index (χ4v) is 2.54. The van der Waals surface area contributed by atoms with Gasteiger partial charge in [0.25, 0.3) is 0 Å². The van der Waals surface area contributed by atoms with Crippen molar-refractivity contribution in [2.45, 2.75) is 31.7 Å². The average molecular weight is 308 g/mol. The summed E-state index contributed by atoms with van der Waals surface area (Å²) in [5.74, 6) is 0.248. The Morgan fingerprint density at radius 3 is 2.62 bits per heavy atom. The van der Waals surface area contributed by atoms with Crippen molar-refractivity contribution in [3.63, 3.8) is 0 Å². The van der Waals surface area contributed by atoms with Crippen LogP contribution in [0.1, 0.15) is 20.3 Å². The fourth-order valence-electron chi connectivity index (χ4n) is 1.80. The number of hydrogen-bond acceptors (Lipinski definition) is 1. The van der Waals surface area contributed by atoms with Gasteiger partial charge in [0, 0.05) is 27.8 Å². The van der Waals surface area contributed by atoms with Gasteiger partial charge in [-0.25, -0.2) is 4.39 Å². The van der Waals surface area contributed by atoms with Crippen molar-refractivity contribution in [1.29, 1.82) is 0 Å². The molecule has 88 valence electrons. The van der Waals surface area contributed by atoms with Gasteiger partial charge in [-0.2, -0.15) is 0 Å². The van der Waals surface area contributed by atoms with Crippen LogP contribution in [-0.2, 0) is 0 Å². The molecule has 0 saturated heterocycles. The smallest absolute Gasteiger partial charge is 0.128 e. The van der Waals surface area contributed by atoms with Gasteiger partial charge in [0.15, 0.2) is 0 Å². The van der Waals surface area contributed by atoms with Gasteiger partial charge in [0.2, 0.25) is 0 Å². The molecule has 1 aliphatic rings. The molecule has 2 unspecified atom stereocenters. The normalized spacial score (nSPS) is 27.3. The van der Waals surface area contributed by atoms with Gasteiger partial charge in [-0.05, 0) is 12.1 Å². The van der Waals surface area contributed by atoms with Crippen LogP contribution < -0.4 is 4.74 Å². The molecule has 0 bridgehead atoms. The van der Waals surface area contributed by atoms with Gasteiger partial charge in [-0.3, -0.25) is 0 Å². The second-order valence-electron chi connectivity index (χ2n) is 4.74. The molecule has 0 radical (unpaired) electrons. The summed E-state index contributed by atoms with van der Waals surface area (Å²) in [5, 5.41) is 0.134. The van der Waals surface area contributed by atoms with Crippen LogP contribution in [0, 0.1) is 11.2 Å². The largest absolute Gasteiger partial charge is 0.490 e. The maximum absolute atomic E-state index is 13.1. The zero-order valence-corrected chi connectivity index (χ0v) is 11.5. The highest BCUT2D eigenvalue weighted by Crippen LogP contribution is 2.46. The summed E-state index contributed by atoms with van der Waals surface area (Å²) in [6.45, 7) is 4.13. The van der Waals surface area contributed by atoms with E-state index in [-0.39, 0.29) is 22.7 Å². The SMILES string of the molecule is CC1(C)C(Cl)CC1Oc1cc(F)cc(Br)c1. The van der Waals surface area contributed by atoms with E-state index in [0.717, 1.165) is 6.42 Å². The third-order valence-electron chi connectivity index (χ3n) is 3.17. The minimum absolute atomic E-state index is 0.0552. The van der Waals surface area contributed by atoms with E-state index in [4.69, 9.17) is 16.3 Å². The van der Waals surface area contributed by atoms with E-state index < -0.39 is 0 Å². The second-order valence-corrected chi connectivity index (χ2v) is 6.18. The third kappa shape index (κ3) is 2.21. The zero-order valence-electron chi connectivity index (χ0n) is 9.14. The number of halogens is 3.